The third-order valence-electron chi connectivity index (χ3n) is 7.25. The lowest BCUT2D eigenvalue weighted by Crippen LogP contribution is -2.43. The molecule has 2 aromatic carbocycles. The quantitative estimate of drug-likeness (QED) is 0.279. The molecule has 1 saturated heterocycles. The molecule has 0 aliphatic carbocycles. The first-order chi connectivity index (χ1) is 19.1. The van der Waals surface area contributed by atoms with Crippen LogP contribution in [0.25, 0.3) is 44.5 Å². The molecule has 0 bridgehead atoms. The fraction of sp³-hybridized carbons (Fsp3) is 0.219. The van der Waals surface area contributed by atoms with Crippen LogP contribution in [-0.2, 0) is 6.42 Å². The molecule has 0 unspecified atom stereocenters. The van der Waals surface area contributed by atoms with Gasteiger partial charge >= 0.3 is 0 Å². The first kappa shape index (κ1) is 25.2. The van der Waals surface area contributed by atoms with Crippen LogP contribution in [0.2, 0.25) is 0 Å². The number of nitrogens with one attached hydrogen (secondary N) is 1. The third-order valence-corrected chi connectivity index (χ3v) is 7.25. The summed E-state index contributed by atoms with van der Waals surface area (Å²) in [5, 5.41) is 4.22. The molecule has 7 heteroatoms. The summed E-state index contributed by atoms with van der Waals surface area (Å²) in [6.45, 7) is 5.48. The number of hydrogen-bond acceptors (Lipinski definition) is 5. The minimum Gasteiger partial charge on any atom is -0.314 e. The molecular formula is C32H29F2N5. The van der Waals surface area contributed by atoms with Crippen LogP contribution in [0.1, 0.15) is 12.0 Å². The minimum atomic E-state index is -0.536. The number of aromatic nitrogens is 3. The normalized spacial score (nSPS) is 14.1. The number of benzene rings is 2. The van der Waals surface area contributed by atoms with Crippen LogP contribution in [0.15, 0.2) is 85.3 Å². The van der Waals surface area contributed by atoms with Gasteiger partial charge in [-0.05, 0) is 78.5 Å². The van der Waals surface area contributed by atoms with Crippen molar-refractivity contribution in [1.29, 1.82) is 0 Å². The van der Waals surface area contributed by atoms with E-state index in [9.17, 15) is 8.78 Å². The molecule has 0 saturated carbocycles. The zero-order chi connectivity index (χ0) is 26.6. The maximum absolute atomic E-state index is 14.7. The van der Waals surface area contributed by atoms with Crippen LogP contribution in [0, 0.1) is 11.6 Å². The lowest BCUT2D eigenvalue weighted by molar-refractivity contribution is 0.238. The van der Waals surface area contributed by atoms with Gasteiger partial charge in [0.25, 0.3) is 0 Å². The maximum atomic E-state index is 14.7. The van der Waals surface area contributed by atoms with Crippen LogP contribution < -0.4 is 5.32 Å². The average Bonchev–Trinajstić information content (AvgIpc) is 2.98. The van der Waals surface area contributed by atoms with Crippen LogP contribution in [0.5, 0.6) is 0 Å². The Kier molecular flexibility index (Phi) is 7.34. The summed E-state index contributed by atoms with van der Waals surface area (Å²) in [5.41, 5.74) is 5.94. The molecule has 5 nitrogen and oxygen atoms in total. The lowest BCUT2D eigenvalue weighted by Gasteiger charge is -2.27. The van der Waals surface area contributed by atoms with Crippen molar-refractivity contribution < 1.29 is 8.78 Å². The van der Waals surface area contributed by atoms with Crippen molar-refractivity contribution in [1.82, 2.24) is 25.2 Å². The number of aryl methyl sites for hydroxylation is 1. The molecule has 0 amide bonds. The van der Waals surface area contributed by atoms with Gasteiger partial charge in [-0.1, -0.05) is 24.3 Å². The van der Waals surface area contributed by atoms with Crippen molar-refractivity contribution in [3.63, 3.8) is 0 Å². The second kappa shape index (κ2) is 11.4. The van der Waals surface area contributed by atoms with Gasteiger partial charge in [-0.3, -0.25) is 4.98 Å². The summed E-state index contributed by atoms with van der Waals surface area (Å²) < 4.78 is 28.7. The minimum absolute atomic E-state index is 0.0986. The lowest BCUT2D eigenvalue weighted by atomic mass is 9.97. The fourth-order valence-electron chi connectivity index (χ4n) is 5.22. The molecule has 0 spiro atoms. The van der Waals surface area contributed by atoms with E-state index in [2.05, 4.69) is 55.5 Å². The van der Waals surface area contributed by atoms with Crippen molar-refractivity contribution in [3.8, 4) is 33.5 Å². The second-order valence-electron chi connectivity index (χ2n) is 9.91. The number of fused-ring (bicyclic) bond motifs is 1. The van der Waals surface area contributed by atoms with E-state index in [0.29, 0.717) is 11.3 Å². The van der Waals surface area contributed by atoms with Gasteiger partial charge in [0, 0.05) is 66.8 Å². The predicted molar refractivity (Wildman–Crippen MR) is 151 cm³/mol. The Morgan fingerprint density at radius 3 is 2.59 bits per heavy atom. The van der Waals surface area contributed by atoms with E-state index in [0.717, 1.165) is 85.3 Å². The summed E-state index contributed by atoms with van der Waals surface area (Å²) in [5.74, 6) is -1.06. The van der Waals surface area contributed by atoms with Gasteiger partial charge in [0.2, 0.25) is 0 Å². The Labute approximate surface area is 226 Å². The number of hydrogen-bond donors (Lipinski definition) is 1. The van der Waals surface area contributed by atoms with Gasteiger partial charge in [-0.25, -0.2) is 18.7 Å². The van der Waals surface area contributed by atoms with Crippen molar-refractivity contribution in [2.75, 3.05) is 32.7 Å². The molecular weight excluding hydrogens is 492 g/mol. The summed E-state index contributed by atoms with van der Waals surface area (Å²) in [6, 6.07) is 19.6. The van der Waals surface area contributed by atoms with E-state index < -0.39 is 11.6 Å². The Morgan fingerprint density at radius 1 is 0.821 bits per heavy atom. The van der Waals surface area contributed by atoms with Crippen LogP contribution in [0.4, 0.5) is 8.78 Å². The highest BCUT2D eigenvalue weighted by Crippen LogP contribution is 2.34. The largest absolute Gasteiger partial charge is 0.314 e. The highest BCUT2D eigenvalue weighted by molar-refractivity contribution is 5.95. The van der Waals surface area contributed by atoms with Gasteiger partial charge in [0.15, 0.2) is 5.65 Å². The van der Waals surface area contributed by atoms with Gasteiger partial charge in [-0.2, -0.15) is 0 Å². The molecule has 5 aromatic rings. The van der Waals surface area contributed by atoms with Gasteiger partial charge in [-0.15, -0.1) is 0 Å². The van der Waals surface area contributed by atoms with E-state index in [1.807, 2.05) is 18.3 Å². The number of pyridine rings is 3. The third kappa shape index (κ3) is 5.70. The SMILES string of the molecule is Fc1ccc(F)c(-c2cc(-c3cncc(-c4cccc(CCCN5CCNCC5)c4)c3)c3cccnc3n2)c1. The monoisotopic (exact) mass is 521 g/mol. The van der Waals surface area contributed by atoms with Crippen LogP contribution >= 0.6 is 0 Å². The van der Waals surface area contributed by atoms with Crippen LogP contribution in [0.3, 0.4) is 0 Å². The van der Waals surface area contributed by atoms with E-state index in [1.165, 1.54) is 11.6 Å². The fourth-order valence-corrected chi connectivity index (χ4v) is 5.22. The molecule has 1 fully saturated rings. The van der Waals surface area contributed by atoms with E-state index >= 15 is 0 Å². The summed E-state index contributed by atoms with van der Waals surface area (Å²) in [6.07, 6.45) is 7.44. The zero-order valence-electron chi connectivity index (χ0n) is 21.6. The Morgan fingerprint density at radius 2 is 1.69 bits per heavy atom. The average molecular weight is 522 g/mol. The first-order valence-corrected chi connectivity index (χ1v) is 13.3. The van der Waals surface area contributed by atoms with Gasteiger partial charge in [0.05, 0.1) is 5.69 Å². The second-order valence-corrected chi connectivity index (χ2v) is 9.91. The topological polar surface area (TPSA) is 53.9 Å². The highest BCUT2D eigenvalue weighted by atomic mass is 19.1. The standard InChI is InChI=1S/C32H29F2N5/c33-26-8-9-30(34)29(18-26)31-19-28(27-7-2-10-37-32(27)38-31)25-17-24(20-36-21-25)23-6-1-4-22(16-23)5-3-13-39-14-11-35-12-15-39/h1-2,4,6-10,16-21,35H,3,5,11-15H2. The summed E-state index contributed by atoms with van der Waals surface area (Å²) in [7, 11) is 0. The molecule has 1 aliphatic heterocycles. The molecule has 1 aliphatic rings. The van der Waals surface area contributed by atoms with Gasteiger partial charge < -0.3 is 10.2 Å². The number of nitrogens with zero attached hydrogens (tertiary/aromatic N) is 4. The molecule has 0 atom stereocenters. The first-order valence-electron chi connectivity index (χ1n) is 13.3. The van der Waals surface area contributed by atoms with Gasteiger partial charge in [0.1, 0.15) is 11.6 Å². The molecule has 39 heavy (non-hydrogen) atoms. The predicted octanol–water partition coefficient (Wildman–Crippen LogP) is 6.14. The molecule has 0 radical (unpaired) electrons. The van der Waals surface area contributed by atoms with Crippen molar-refractivity contribution in [2.24, 2.45) is 0 Å². The summed E-state index contributed by atoms with van der Waals surface area (Å²) in [4.78, 5) is 16.0. The molecule has 3 aromatic heterocycles. The number of piperazine rings is 1. The number of rotatable bonds is 7. The van der Waals surface area contributed by atoms with Crippen molar-refractivity contribution >= 4 is 11.0 Å². The smallest absolute Gasteiger partial charge is 0.160 e. The number of halogens is 2. The Balaban J connectivity index is 1.32. The molecule has 196 valence electrons. The van der Waals surface area contributed by atoms with Crippen molar-refractivity contribution in [2.45, 2.75) is 12.8 Å². The Bertz CT molecular complexity index is 1610. The van der Waals surface area contributed by atoms with E-state index in [4.69, 9.17) is 0 Å². The zero-order valence-corrected chi connectivity index (χ0v) is 21.6. The van der Waals surface area contributed by atoms with E-state index in [1.54, 1.807) is 18.5 Å². The van der Waals surface area contributed by atoms with E-state index in [-0.39, 0.29) is 5.56 Å². The maximum Gasteiger partial charge on any atom is 0.160 e. The molecule has 4 heterocycles. The molecule has 1 N–H and O–H groups in total. The summed E-state index contributed by atoms with van der Waals surface area (Å²) >= 11 is 0. The molecule has 6 rings (SSSR count). The van der Waals surface area contributed by atoms with Crippen molar-refractivity contribution in [3.05, 3.63) is 103 Å². The highest BCUT2D eigenvalue weighted by Gasteiger charge is 2.15. The van der Waals surface area contributed by atoms with Crippen LogP contribution in [-0.4, -0.2) is 52.6 Å². The Hall–Kier alpha value is -4.07.